The van der Waals surface area contributed by atoms with Crippen molar-refractivity contribution in [1.82, 2.24) is 14.8 Å². The van der Waals surface area contributed by atoms with Gasteiger partial charge >= 0.3 is 0 Å². The van der Waals surface area contributed by atoms with Crippen molar-refractivity contribution < 1.29 is 14.3 Å². The van der Waals surface area contributed by atoms with E-state index in [1.54, 1.807) is 6.08 Å². The van der Waals surface area contributed by atoms with Crippen LogP contribution in [0.25, 0.3) is 6.08 Å². The third-order valence-corrected chi connectivity index (χ3v) is 5.86. The summed E-state index contributed by atoms with van der Waals surface area (Å²) >= 11 is 0. The average Bonchev–Trinajstić information content (AvgIpc) is 3.09. The number of ether oxygens (including phenoxy) is 2. The maximum absolute atomic E-state index is 12.7. The number of aryl methyl sites for hydroxylation is 1. The summed E-state index contributed by atoms with van der Waals surface area (Å²) in [4.78, 5) is 15.0. The van der Waals surface area contributed by atoms with Gasteiger partial charge in [0.2, 0.25) is 0 Å². The highest BCUT2D eigenvalue weighted by Gasteiger charge is 2.13. The molecule has 1 saturated heterocycles. The fourth-order valence-electron chi connectivity index (χ4n) is 3.99. The number of nitriles is 1. The van der Waals surface area contributed by atoms with Gasteiger partial charge in [0.15, 0.2) is 0 Å². The van der Waals surface area contributed by atoms with Crippen LogP contribution in [-0.2, 0) is 22.6 Å². The van der Waals surface area contributed by atoms with Gasteiger partial charge < -0.3 is 19.4 Å². The molecule has 0 radical (unpaired) electrons. The first-order valence-corrected chi connectivity index (χ1v) is 11.6. The summed E-state index contributed by atoms with van der Waals surface area (Å²) in [5.41, 5.74) is 4.12. The quantitative estimate of drug-likeness (QED) is 0.443. The third kappa shape index (κ3) is 6.95. The summed E-state index contributed by atoms with van der Waals surface area (Å²) < 4.78 is 13.5. The van der Waals surface area contributed by atoms with Crippen LogP contribution in [0.5, 0.6) is 5.75 Å². The van der Waals surface area contributed by atoms with E-state index in [2.05, 4.69) is 21.7 Å². The lowest BCUT2D eigenvalue weighted by atomic mass is 10.1. The van der Waals surface area contributed by atoms with Crippen molar-refractivity contribution in [2.24, 2.45) is 0 Å². The molecule has 7 heteroatoms. The summed E-state index contributed by atoms with van der Waals surface area (Å²) in [5.74, 6) is 0.394. The fourth-order valence-corrected chi connectivity index (χ4v) is 3.99. The molecule has 1 fully saturated rings. The molecule has 1 amide bonds. The number of carbonyl (C=O) groups is 1. The first-order valence-electron chi connectivity index (χ1n) is 11.6. The molecule has 0 spiro atoms. The lowest BCUT2D eigenvalue weighted by Crippen LogP contribution is -2.38. The molecule has 0 atom stereocenters. The monoisotopic (exact) mass is 450 g/mol. The molecule has 1 aliphatic heterocycles. The number of nitrogens with one attached hydrogen (secondary N) is 1. The van der Waals surface area contributed by atoms with Crippen LogP contribution in [0.3, 0.4) is 0 Å². The van der Waals surface area contributed by atoms with Gasteiger partial charge in [-0.1, -0.05) is 19.1 Å². The Morgan fingerprint density at radius 3 is 2.76 bits per heavy atom. The van der Waals surface area contributed by atoms with Crippen LogP contribution in [0, 0.1) is 25.2 Å². The third-order valence-electron chi connectivity index (χ3n) is 5.86. The van der Waals surface area contributed by atoms with Gasteiger partial charge in [0, 0.05) is 44.1 Å². The van der Waals surface area contributed by atoms with E-state index in [0.29, 0.717) is 13.2 Å². The van der Waals surface area contributed by atoms with Crippen LogP contribution in [0.1, 0.15) is 35.9 Å². The Morgan fingerprint density at radius 1 is 1.24 bits per heavy atom. The minimum absolute atomic E-state index is 0.102. The summed E-state index contributed by atoms with van der Waals surface area (Å²) in [6.45, 7) is 12.3. The van der Waals surface area contributed by atoms with E-state index in [4.69, 9.17) is 9.47 Å². The van der Waals surface area contributed by atoms with E-state index in [-0.39, 0.29) is 11.5 Å². The predicted octanol–water partition coefficient (Wildman–Crippen LogP) is 3.45. The summed E-state index contributed by atoms with van der Waals surface area (Å²) in [7, 11) is 0. The number of rotatable bonds is 10. The highest BCUT2D eigenvalue weighted by atomic mass is 16.5. The van der Waals surface area contributed by atoms with Crippen molar-refractivity contribution in [2.75, 3.05) is 39.5 Å². The molecule has 0 bridgehead atoms. The largest absolute Gasteiger partial charge is 0.492 e. The van der Waals surface area contributed by atoms with Crippen molar-refractivity contribution in [3.8, 4) is 11.8 Å². The summed E-state index contributed by atoms with van der Waals surface area (Å²) in [6, 6.07) is 11.8. The second kappa shape index (κ2) is 12.2. The van der Waals surface area contributed by atoms with E-state index >= 15 is 0 Å². The highest BCUT2D eigenvalue weighted by molar-refractivity contribution is 6.01. The van der Waals surface area contributed by atoms with Crippen LogP contribution in [0.2, 0.25) is 0 Å². The van der Waals surface area contributed by atoms with Crippen LogP contribution in [0.4, 0.5) is 0 Å². The second-order valence-electron chi connectivity index (χ2n) is 8.28. The van der Waals surface area contributed by atoms with E-state index in [0.717, 1.165) is 74.1 Å². The second-order valence-corrected chi connectivity index (χ2v) is 8.28. The minimum atomic E-state index is -0.378. The molecule has 1 N–H and O–H groups in total. The molecule has 1 aliphatic rings. The Morgan fingerprint density at radius 2 is 2.03 bits per heavy atom. The molecule has 33 heavy (non-hydrogen) atoms. The first-order chi connectivity index (χ1) is 16.0. The molecular weight excluding hydrogens is 416 g/mol. The topological polar surface area (TPSA) is 79.5 Å². The van der Waals surface area contributed by atoms with Crippen molar-refractivity contribution in [2.45, 2.75) is 40.3 Å². The number of nitrogens with zero attached hydrogens (tertiary/aromatic N) is 3. The molecular formula is C26H34N4O3. The fraction of sp³-hybridized carbons (Fsp3) is 0.462. The van der Waals surface area contributed by atoms with Gasteiger partial charge in [0.1, 0.15) is 24.0 Å². The zero-order valence-corrected chi connectivity index (χ0v) is 19.9. The Kier molecular flexibility index (Phi) is 9.11. The highest BCUT2D eigenvalue weighted by Crippen LogP contribution is 2.19. The number of hydrogen-bond acceptors (Lipinski definition) is 5. The lowest BCUT2D eigenvalue weighted by molar-refractivity contribution is -0.117. The van der Waals surface area contributed by atoms with E-state index in [1.807, 2.05) is 50.2 Å². The van der Waals surface area contributed by atoms with Gasteiger partial charge in [-0.2, -0.15) is 5.26 Å². The standard InChI is InChI=1S/C26H34N4O3/c1-4-8-30-20(2)15-23(21(30)3)17-24(18-27)26(31)28-19-22-6-5-7-25(16-22)33-14-11-29-9-12-32-13-10-29/h5-7,15-17H,4,8-14,19H2,1-3H3,(H,28,31)/b24-17-. The SMILES string of the molecule is CCCn1c(C)cc(/C=C(/C#N)C(=O)NCc2cccc(OCCN3CCOCC3)c2)c1C. The van der Waals surface area contributed by atoms with Crippen molar-refractivity contribution in [1.29, 1.82) is 5.26 Å². The molecule has 0 saturated carbocycles. The Labute approximate surface area is 196 Å². The van der Waals surface area contributed by atoms with Gasteiger partial charge in [-0.25, -0.2) is 0 Å². The number of hydrogen-bond donors (Lipinski definition) is 1. The van der Waals surface area contributed by atoms with E-state index in [1.165, 1.54) is 0 Å². The van der Waals surface area contributed by atoms with Crippen LogP contribution < -0.4 is 10.1 Å². The average molecular weight is 451 g/mol. The lowest BCUT2D eigenvalue weighted by Gasteiger charge is -2.26. The zero-order valence-electron chi connectivity index (χ0n) is 19.9. The Bertz CT molecular complexity index is 1010. The first kappa shape index (κ1) is 24.6. The molecule has 7 nitrogen and oxygen atoms in total. The van der Waals surface area contributed by atoms with Gasteiger partial charge in [-0.3, -0.25) is 9.69 Å². The number of benzene rings is 1. The molecule has 2 heterocycles. The van der Waals surface area contributed by atoms with E-state index < -0.39 is 0 Å². The van der Waals surface area contributed by atoms with Crippen molar-refractivity contribution in [3.05, 3.63) is 58.4 Å². The zero-order chi connectivity index (χ0) is 23.6. The normalized spacial score (nSPS) is 14.7. The molecule has 3 rings (SSSR count). The number of amides is 1. The summed E-state index contributed by atoms with van der Waals surface area (Å²) in [6.07, 6.45) is 2.70. The molecule has 0 aliphatic carbocycles. The molecule has 2 aromatic rings. The smallest absolute Gasteiger partial charge is 0.262 e. The van der Waals surface area contributed by atoms with Crippen LogP contribution in [0.15, 0.2) is 35.9 Å². The van der Waals surface area contributed by atoms with Gasteiger partial charge in [-0.05, 0) is 55.7 Å². The maximum atomic E-state index is 12.7. The van der Waals surface area contributed by atoms with Crippen molar-refractivity contribution in [3.63, 3.8) is 0 Å². The number of aromatic nitrogens is 1. The Hall–Kier alpha value is -3.08. The molecule has 0 unspecified atom stereocenters. The molecule has 176 valence electrons. The van der Waals surface area contributed by atoms with E-state index in [9.17, 15) is 10.1 Å². The molecule has 1 aromatic carbocycles. The van der Waals surface area contributed by atoms with Gasteiger partial charge in [-0.15, -0.1) is 0 Å². The van der Waals surface area contributed by atoms with Crippen molar-refractivity contribution >= 4 is 12.0 Å². The van der Waals surface area contributed by atoms with Crippen LogP contribution >= 0.6 is 0 Å². The number of carbonyl (C=O) groups excluding carboxylic acids is 1. The maximum Gasteiger partial charge on any atom is 0.262 e. The van der Waals surface area contributed by atoms with Crippen LogP contribution in [-0.4, -0.2) is 54.8 Å². The summed E-state index contributed by atoms with van der Waals surface area (Å²) in [5, 5.41) is 12.4. The molecule has 1 aromatic heterocycles. The van der Waals surface area contributed by atoms with Gasteiger partial charge in [0.25, 0.3) is 5.91 Å². The Balaban J connectivity index is 1.56. The minimum Gasteiger partial charge on any atom is -0.492 e. The number of morpholine rings is 1. The predicted molar refractivity (Wildman–Crippen MR) is 129 cm³/mol. The van der Waals surface area contributed by atoms with Gasteiger partial charge in [0.05, 0.1) is 13.2 Å².